The molecule has 0 radical (unpaired) electrons. The second kappa shape index (κ2) is 4.34. The highest BCUT2D eigenvalue weighted by molar-refractivity contribution is 5.92. The Balaban J connectivity index is 2.05. The van der Waals surface area contributed by atoms with Crippen molar-refractivity contribution in [2.24, 2.45) is 5.92 Å². The summed E-state index contributed by atoms with van der Waals surface area (Å²) >= 11 is 0. The maximum absolute atomic E-state index is 11.9. The van der Waals surface area contributed by atoms with E-state index < -0.39 is 11.9 Å². The Labute approximate surface area is 92.3 Å². The maximum Gasteiger partial charge on any atom is 0.308 e. The third-order valence-electron chi connectivity index (χ3n) is 2.79. The lowest BCUT2D eigenvalue weighted by Gasteiger charge is -2.30. The van der Waals surface area contributed by atoms with Gasteiger partial charge in [-0.15, -0.1) is 0 Å². The molecule has 6 nitrogen and oxygen atoms in total. The van der Waals surface area contributed by atoms with Crippen molar-refractivity contribution in [2.45, 2.75) is 12.8 Å². The fourth-order valence-electron chi connectivity index (χ4n) is 1.91. The molecule has 1 fully saturated rings. The lowest BCUT2D eigenvalue weighted by Crippen LogP contribution is -2.42. The molecule has 0 unspecified atom stereocenters. The van der Waals surface area contributed by atoms with Crippen molar-refractivity contribution in [1.29, 1.82) is 0 Å². The zero-order valence-corrected chi connectivity index (χ0v) is 8.72. The highest BCUT2D eigenvalue weighted by Gasteiger charge is 2.28. The van der Waals surface area contributed by atoms with Crippen molar-refractivity contribution < 1.29 is 14.7 Å². The van der Waals surface area contributed by atoms with Crippen LogP contribution >= 0.6 is 0 Å². The number of nitrogens with zero attached hydrogens (tertiary/aromatic N) is 2. The maximum atomic E-state index is 11.9. The molecule has 1 amide bonds. The summed E-state index contributed by atoms with van der Waals surface area (Å²) in [4.78, 5) is 30.8. The number of nitrogens with one attached hydrogen (secondary N) is 1. The number of carboxylic acid groups (broad SMARTS) is 1. The van der Waals surface area contributed by atoms with Gasteiger partial charge in [0, 0.05) is 13.1 Å². The van der Waals surface area contributed by atoms with Gasteiger partial charge in [-0.25, -0.2) is 4.98 Å². The van der Waals surface area contributed by atoms with Gasteiger partial charge < -0.3 is 15.0 Å². The summed E-state index contributed by atoms with van der Waals surface area (Å²) in [5.41, 5.74) is 0.408. The van der Waals surface area contributed by atoms with E-state index in [0.717, 1.165) is 6.42 Å². The summed E-state index contributed by atoms with van der Waals surface area (Å²) in [6.07, 6.45) is 4.26. The molecule has 0 aliphatic carbocycles. The number of hydrogen-bond donors (Lipinski definition) is 2. The normalized spacial score (nSPS) is 20.8. The highest BCUT2D eigenvalue weighted by atomic mass is 16.4. The van der Waals surface area contributed by atoms with E-state index in [2.05, 4.69) is 9.97 Å². The van der Waals surface area contributed by atoms with Gasteiger partial charge in [0.1, 0.15) is 5.69 Å². The minimum Gasteiger partial charge on any atom is -0.481 e. The number of carboxylic acids is 1. The van der Waals surface area contributed by atoms with Gasteiger partial charge in [-0.05, 0) is 12.8 Å². The number of piperidine rings is 1. The summed E-state index contributed by atoms with van der Waals surface area (Å²) in [7, 11) is 0. The standard InChI is InChI=1S/C10H13N3O3/c14-9(8-4-11-6-12-8)13-3-1-2-7(5-13)10(15)16/h4,6-7H,1-3,5H2,(H,11,12)(H,15,16)/t7-/m0/s1. The SMILES string of the molecule is O=C(O)[C@H]1CCCN(C(=O)c2cnc[nH]2)C1. The average Bonchev–Trinajstić information content (AvgIpc) is 2.81. The predicted octanol–water partition coefficient (Wildman–Crippen LogP) is 0.347. The minimum atomic E-state index is -0.831. The first kappa shape index (κ1) is 10.7. The average molecular weight is 223 g/mol. The molecule has 2 N–H and O–H groups in total. The summed E-state index contributed by atoms with van der Waals surface area (Å²) in [5.74, 6) is -1.45. The van der Waals surface area contributed by atoms with E-state index in [0.29, 0.717) is 18.7 Å². The van der Waals surface area contributed by atoms with Crippen LogP contribution in [0.4, 0.5) is 0 Å². The Kier molecular flexibility index (Phi) is 2.89. The number of aliphatic carboxylic acids is 1. The number of carbonyl (C=O) groups excluding carboxylic acids is 1. The van der Waals surface area contributed by atoms with E-state index in [1.54, 1.807) is 4.90 Å². The molecule has 1 aliphatic rings. The van der Waals surface area contributed by atoms with Crippen molar-refractivity contribution in [3.8, 4) is 0 Å². The Morgan fingerprint density at radius 1 is 1.56 bits per heavy atom. The molecule has 6 heteroatoms. The monoisotopic (exact) mass is 223 g/mol. The molecule has 2 heterocycles. The van der Waals surface area contributed by atoms with Crippen LogP contribution in [0.15, 0.2) is 12.5 Å². The second-order valence-corrected chi connectivity index (χ2v) is 3.89. The number of aromatic amines is 1. The van der Waals surface area contributed by atoms with Crippen LogP contribution in [-0.2, 0) is 4.79 Å². The van der Waals surface area contributed by atoms with Crippen LogP contribution in [0, 0.1) is 5.92 Å². The molecule has 1 atom stereocenters. The molecule has 16 heavy (non-hydrogen) atoms. The van der Waals surface area contributed by atoms with Gasteiger partial charge in [0.2, 0.25) is 0 Å². The fraction of sp³-hybridized carbons (Fsp3) is 0.500. The molecule has 1 aromatic rings. The van der Waals surface area contributed by atoms with Crippen LogP contribution in [0.25, 0.3) is 0 Å². The first-order valence-corrected chi connectivity index (χ1v) is 5.19. The van der Waals surface area contributed by atoms with Crippen molar-refractivity contribution in [3.05, 3.63) is 18.2 Å². The number of hydrogen-bond acceptors (Lipinski definition) is 3. The first-order chi connectivity index (χ1) is 7.68. The molecular formula is C10H13N3O3. The summed E-state index contributed by atoms with van der Waals surface area (Å²) in [6.45, 7) is 0.898. The van der Waals surface area contributed by atoms with Crippen molar-refractivity contribution in [1.82, 2.24) is 14.9 Å². The van der Waals surface area contributed by atoms with Crippen LogP contribution in [-0.4, -0.2) is 44.9 Å². The molecule has 0 spiro atoms. The third-order valence-corrected chi connectivity index (χ3v) is 2.79. The van der Waals surface area contributed by atoms with Crippen LogP contribution in [0.1, 0.15) is 23.3 Å². The van der Waals surface area contributed by atoms with Gasteiger partial charge in [-0.2, -0.15) is 0 Å². The van der Waals surface area contributed by atoms with Gasteiger partial charge in [0.15, 0.2) is 0 Å². The van der Waals surface area contributed by atoms with Crippen LogP contribution in [0.2, 0.25) is 0 Å². The molecule has 2 rings (SSSR count). The second-order valence-electron chi connectivity index (χ2n) is 3.89. The van der Waals surface area contributed by atoms with Crippen LogP contribution in [0.5, 0.6) is 0 Å². The smallest absolute Gasteiger partial charge is 0.308 e. The summed E-state index contributed by atoms with van der Waals surface area (Å²) < 4.78 is 0. The number of imidazole rings is 1. The highest BCUT2D eigenvalue weighted by Crippen LogP contribution is 2.18. The Bertz CT molecular complexity index is 388. The van der Waals surface area contributed by atoms with E-state index in [1.165, 1.54) is 12.5 Å². The van der Waals surface area contributed by atoms with Gasteiger partial charge in [-0.3, -0.25) is 9.59 Å². The predicted molar refractivity (Wildman–Crippen MR) is 54.9 cm³/mol. The van der Waals surface area contributed by atoms with Crippen LogP contribution < -0.4 is 0 Å². The zero-order valence-electron chi connectivity index (χ0n) is 8.72. The van der Waals surface area contributed by atoms with Crippen molar-refractivity contribution in [2.75, 3.05) is 13.1 Å². The van der Waals surface area contributed by atoms with E-state index in [9.17, 15) is 9.59 Å². The first-order valence-electron chi connectivity index (χ1n) is 5.19. The van der Waals surface area contributed by atoms with Crippen LogP contribution in [0.3, 0.4) is 0 Å². The molecule has 1 aromatic heterocycles. The lowest BCUT2D eigenvalue weighted by molar-refractivity contribution is -0.143. The summed E-state index contributed by atoms with van der Waals surface area (Å²) in [6, 6.07) is 0. The van der Waals surface area contributed by atoms with Crippen molar-refractivity contribution >= 4 is 11.9 Å². The van der Waals surface area contributed by atoms with E-state index >= 15 is 0 Å². The zero-order chi connectivity index (χ0) is 11.5. The number of amides is 1. The van der Waals surface area contributed by atoms with Crippen molar-refractivity contribution in [3.63, 3.8) is 0 Å². The molecule has 1 aliphatic heterocycles. The summed E-state index contributed by atoms with van der Waals surface area (Å²) in [5, 5.41) is 8.91. The molecule has 0 aromatic carbocycles. The topological polar surface area (TPSA) is 86.3 Å². The molecule has 86 valence electrons. The number of aromatic nitrogens is 2. The molecule has 0 saturated carbocycles. The number of carbonyl (C=O) groups is 2. The number of likely N-dealkylation sites (tertiary alicyclic amines) is 1. The van der Waals surface area contributed by atoms with Gasteiger partial charge in [-0.1, -0.05) is 0 Å². The van der Waals surface area contributed by atoms with E-state index in [-0.39, 0.29) is 12.5 Å². The molecular weight excluding hydrogens is 210 g/mol. The number of H-pyrrole nitrogens is 1. The van der Waals surface area contributed by atoms with E-state index in [4.69, 9.17) is 5.11 Å². The Hall–Kier alpha value is -1.85. The van der Waals surface area contributed by atoms with Gasteiger partial charge in [0.05, 0.1) is 18.4 Å². The lowest BCUT2D eigenvalue weighted by atomic mass is 9.98. The van der Waals surface area contributed by atoms with E-state index in [1.807, 2.05) is 0 Å². The van der Waals surface area contributed by atoms with Gasteiger partial charge >= 0.3 is 5.97 Å². The largest absolute Gasteiger partial charge is 0.481 e. The Morgan fingerprint density at radius 3 is 3.00 bits per heavy atom. The minimum absolute atomic E-state index is 0.177. The van der Waals surface area contributed by atoms with Gasteiger partial charge in [0.25, 0.3) is 5.91 Å². The molecule has 0 bridgehead atoms. The third kappa shape index (κ3) is 2.05. The fourth-order valence-corrected chi connectivity index (χ4v) is 1.91. The quantitative estimate of drug-likeness (QED) is 0.757. The Morgan fingerprint density at radius 2 is 2.38 bits per heavy atom. The number of rotatable bonds is 2. The molecule has 1 saturated heterocycles.